The van der Waals surface area contributed by atoms with Crippen molar-refractivity contribution in [3.8, 4) is 11.3 Å². The molecule has 1 fully saturated rings. The van der Waals surface area contributed by atoms with Gasteiger partial charge in [0, 0.05) is 35.9 Å². The average Bonchev–Trinajstić information content (AvgIpc) is 3.43. The number of aryl methyl sites for hydroxylation is 3. The van der Waals surface area contributed by atoms with Crippen molar-refractivity contribution in [2.75, 3.05) is 18.0 Å². The fraction of sp³-hybridized carbons (Fsp3) is 0.375. The predicted molar refractivity (Wildman–Crippen MR) is 126 cm³/mol. The van der Waals surface area contributed by atoms with E-state index in [1.807, 2.05) is 48.1 Å². The number of nitrogens with zero attached hydrogens (tertiary/aromatic N) is 7. The maximum absolute atomic E-state index is 5.88. The van der Waals surface area contributed by atoms with Crippen LogP contribution in [0.4, 0.5) is 5.82 Å². The van der Waals surface area contributed by atoms with Crippen LogP contribution in [0.25, 0.3) is 17.0 Å². The molecular weight excluding hydrogens is 422 g/mol. The van der Waals surface area contributed by atoms with Crippen molar-refractivity contribution < 1.29 is 0 Å². The van der Waals surface area contributed by atoms with Crippen LogP contribution in [0.3, 0.4) is 0 Å². The molecule has 5 rings (SSSR count). The van der Waals surface area contributed by atoms with E-state index in [-0.39, 0.29) is 0 Å². The maximum Gasteiger partial charge on any atom is 0.252 e. The molecule has 0 N–H and O–H groups in total. The lowest BCUT2D eigenvalue weighted by molar-refractivity contribution is 0.577. The summed E-state index contributed by atoms with van der Waals surface area (Å²) in [5.41, 5.74) is 6.48. The lowest BCUT2D eigenvalue weighted by Crippen LogP contribution is -2.22. The topological polar surface area (TPSA) is 72.1 Å². The van der Waals surface area contributed by atoms with Gasteiger partial charge in [0.15, 0.2) is 0 Å². The van der Waals surface area contributed by atoms with E-state index in [9.17, 15) is 0 Å². The Morgan fingerprint density at radius 3 is 2.56 bits per heavy atom. The van der Waals surface area contributed by atoms with E-state index in [2.05, 4.69) is 38.8 Å². The highest BCUT2D eigenvalue weighted by atomic mass is 35.5. The van der Waals surface area contributed by atoms with Gasteiger partial charge < -0.3 is 4.90 Å². The van der Waals surface area contributed by atoms with Crippen LogP contribution in [0, 0.1) is 26.7 Å². The Kier molecular flexibility index (Phi) is 5.51. The summed E-state index contributed by atoms with van der Waals surface area (Å²) in [7, 11) is 0. The fourth-order valence-electron chi connectivity index (χ4n) is 4.50. The van der Waals surface area contributed by atoms with Crippen LogP contribution in [0.1, 0.15) is 34.8 Å². The van der Waals surface area contributed by atoms with Crippen LogP contribution in [0.15, 0.2) is 36.7 Å². The van der Waals surface area contributed by atoms with Gasteiger partial charge in [0.2, 0.25) is 0 Å². The van der Waals surface area contributed by atoms with Crippen LogP contribution >= 0.6 is 11.6 Å². The van der Waals surface area contributed by atoms with E-state index < -0.39 is 0 Å². The van der Waals surface area contributed by atoms with Gasteiger partial charge in [0.1, 0.15) is 11.6 Å². The van der Waals surface area contributed by atoms with E-state index in [4.69, 9.17) is 16.6 Å². The van der Waals surface area contributed by atoms with Gasteiger partial charge in [-0.1, -0.05) is 24.3 Å². The summed E-state index contributed by atoms with van der Waals surface area (Å²) in [4.78, 5) is 20.8. The van der Waals surface area contributed by atoms with E-state index >= 15 is 0 Å². The van der Waals surface area contributed by atoms with Crippen LogP contribution in [0.5, 0.6) is 0 Å². The molecule has 1 aliphatic rings. The van der Waals surface area contributed by atoms with Gasteiger partial charge in [0.05, 0.1) is 18.1 Å². The Labute approximate surface area is 192 Å². The van der Waals surface area contributed by atoms with Crippen LogP contribution in [-0.4, -0.2) is 42.6 Å². The number of fused-ring (bicyclic) bond motifs is 1. The molecule has 1 saturated heterocycles. The number of rotatable bonds is 5. The van der Waals surface area contributed by atoms with E-state index in [0.29, 0.717) is 17.6 Å². The van der Waals surface area contributed by atoms with E-state index in [0.717, 1.165) is 65.8 Å². The normalized spacial score (nSPS) is 16.2. The first kappa shape index (κ1) is 20.8. The van der Waals surface area contributed by atoms with Gasteiger partial charge in [-0.3, -0.25) is 4.98 Å². The van der Waals surface area contributed by atoms with Crippen molar-refractivity contribution in [2.45, 2.75) is 39.5 Å². The Balaban J connectivity index is 1.29. The summed E-state index contributed by atoms with van der Waals surface area (Å²) in [6.07, 6.45) is 5.85. The van der Waals surface area contributed by atoms with Gasteiger partial charge in [-0.2, -0.15) is 10.1 Å². The Morgan fingerprint density at radius 2 is 1.84 bits per heavy atom. The number of anilines is 1. The number of aromatic nitrogens is 6. The molecule has 0 bridgehead atoms. The van der Waals surface area contributed by atoms with Crippen molar-refractivity contribution >= 4 is 23.2 Å². The number of hydrogen-bond donors (Lipinski definition) is 0. The molecule has 1 aliphatic heterocycles. The van der Waals surface area contributed by atoms with Crippen molar-refractivity contribution in [1.82, 2.24) is 29.5 Å². The van der Waals surface area contributed by atoms with Gasteiger partial charge >= 0.3 is 0 Å². The summed E-state index contributed by atoms with van der Waals surface area (Å²) in [5.74, 6) is 3.43. The molecule has 0 spiro atoms. The standard InChI is InChI=1S/C24H26ClN7/c1-15-21(16(2)32-24(28-15)29-17(3)30-32)10-19-8-9-31(14-19)23-13-26-22(12-27-23)20-6-4-18(11-25)5-7-20/h4-7,12-13,19H,8-11,14H2,1-3H3. The Bertz CT molecular complexity index is 1250. The van der Waals surface area contributed by atoms with Crippen molar-refractivity contribution in [2.24, 2.45) is 5.92 Å². The predicted octanol–water partition coefficient (Wildman–Crippen LogP) is 4.31. The Hall–Kier alpha value is -3.06. The van der Waals surface area contributed by atoms with Gasteiger partial charge in [-0.25, -0.2) is 14.5 Å². The number of alkyl halides is 1. The average molecular weight is 448 g/mol. The third kappa shape index (κ3) is 3.93. The second-order valence-electron chi connectivity index (χ2n) is 8.53. The lowest BCUT2D eigenvalue weighted by Gasteiger charge is -2.18. The first-order valence-corrected chi connectivity index (χ1v) is 11.5. The van der Waals surface area contributed by atoms with E-state index in [1.165, 1.54) is 5.56 Å². The number of hydrogen-bond acceptors (Lipinski definition) is 6. The second kappa shape index (κ2) is 8.47. The molecule has 0 saturated carbocycles. The van der Waals surface area contributed by atoms with Crippen molar-refractivity contribution in [3.63, 3.8) is 0 Å². The molecule has 32 heavy (non-hydrogen) atoms. The summed E-state index contributed by atoms with van der Waals surface area (Å²) >= 11 is 5.88. The zero-order valence-electron chi connectivity index (χ0n) is 18.6. The van der Waals surface area contributed by atoms with Crippen molar-refractivity contribution in [3.05, 3.63) is 65.0 Å². The van der Waals surface area contributed by atoms with Gasteiger partial charge in [-0.15, -0.1) is 11.6 Å². The molecule has 4 aromatic rings. The quantitative estimate of drug-likeness (QED) is 0.424. The largest absolute Gasteiger partial charge is 0.355 e. The molecule has 0 radical (unpaired) electrons. The zero-order chi connectivity index (χ0) is 22.2. The fourth-order valence-corrected chi connectivity index (χ4v) is 4.68. The molecular formula is C24H26ClN7. The third-order valence-electron chi connectivity index (χ3n) is 6.30. The summed E-state index contributed by atoms with van der Waals surface area (Å²) in [5, 5.41) is 4.50. The highest BCUT2D eigenvalue weighted by Gasteiger charge is 2.26. The highest BCUT2D eigenvalue weighted by molar-refractivity contribution is 6.17. The highest BCUT2D eigenvalue weighted by Crippen LogP contribution is 2.27. The summed E-state index contributed by atoms with van der Waals surface area (Å²) in [6.45, 7) is 8.04. The van der Waals surface area contributed by atoms with Crippen LogP contribution in [-0.2, 0) is 12.3 Å². The molecule has 1 aromatic carbocycles. The molecule has 7 nitrogen and oxygen atoms in total. The van der Waals surface area contributed by atoms with Crippen molar-refractivity contribution in [1.29, 1.82) is 0 Å². The molecule has 0 aliphatic carbocycles. The second-order valence-corrected chi connectivity index (χ2v) is 8.79. The van der Waals surface area contributed by atoms with Crippen LogP contribution < -0.4 is 4.90 Å². The summed E-state index contributed by atoms with van der Waals surface area (Å²) in [6, 6.07) is 8.14. The van der Waals surface area contributed by atoms with E-state index in [1.54, 1.807) is 0 Å². The minimum atomic E-state index is 0.516. The van der Waals surface area contributed by atoms with Gasteiger partial charge in [0.25, 0.3) is 5.78 Å². The van der Waals surface area contributed by atoms with Gasteiger partial charge in [-0.05, 0) is 50.7 Å². The molecule has 164 valence electrons. The molecule has 8 heteroatoms. The molecule has 3 aromatic heterocycles. The lowest BCUT2D eigenvalue weighted by atomic mass is 9.96. The smallest absolute Gasteiger partial charge is 0.252 e. The third-order valence-corrected chi connectivity index (χ3v) is 6.61. The van der Waals surface area contributed by atoms with Crippen LogP contribution in [0.2, 0.25) is 0 Å². The molecule has 1 unspecified atom stereocenters. The monoisotopic (exact) mass is 447 g/mol. The minimum Gasteiger partial charge on any atom is -0.355 e. The molecule has 4 heterocycles. The summed E-state index contributed by atoms with van der Waals surface area (Å²) < 4.78 is 1.87. The Morgan fingerprint density at radius 1 is 1.03 bits per heavy atom. The first-order valence-electron chi connectivity index (χ1n) is 10.9. The number of benzene rings is 1. The first-order chi connectivity index (χ1) is 15.5. The zero-order valence-corrected chi connectivity index (χ0v) is 19.3. The number of halogens is 1. The molecule has 0 amide bonds. The minimum absolute atomic E-state index is 0.516. The maximum atomic E-state index is 5.88. The SMILES string of the molecule is Cc1nc2nc(C)c(CC3CCN(c4cnc(-c5ccc(CCl)cc5)cn4)C3)c(C)n2n1. The molecule has 1 atom stereocenters.